The highest BCUT2D eigenvalue weighted by Crippen LogP contribution is 2.12. The molecule has 0 fully saturated rings. The number of aliphatic carboxylic acids is 1. The first-order valence-corrected chi connectivity index (χ1v) is 11.6. The van der Waals surface area contributed by atoms with E-state index in [2.05, 4.69) is 35.0 Å². The van der Waals surface area contributed by atoms with Gasteiger partial charge in [0, 0.05) is 11.8 Å². The van der Waals surface area contributed by atoms with Crippen LogP contribution in [0.5, 0.6) is 0 Å². The summed E-state index contributed by atoms with van der Waals surface area (Å²) in [6.45, 7) is 2.26. The predicted octanol–water partition coefficient (Wildman–Crippen LogP) is 8.13. The van der Waals surface area contributed by atoms with Crippen LogP contribution in [0.25, 0.3) is 0 Å². The summed E-state index contributed by atoms with van der Waals surface area (Å²) in [5.41, 5.74) is 1.33. The third-order valence-electron chi connectivity index (χ3n) is 4.49. The Morgan fingerprint density at radius 1 is 0.769 bits per heavy atom. The van der Waals surface area contributed by atoms with Gasteiger partial charge < -0.3 is 5.11 Å². The van der Waals surface area contributed by atoms with Crippen LogP contribution in [0.1, 0.15) is 102 Å². The van der Waals surface area contributed by atoms with Crippen LogP contribution in [0, 0.1) is 0 Å². The first-order valence-electron chi connectivity index (χ1n) is 10.5. The number of hydrogen-bond donors (Lipinski definition) is 1. The van der Waals surface area contributed by atoms with Crippen LogP contribution in [0.3, 0.4) is 0 Å². The van der Waals surface area contributed by atoms with Crippen LogP contribution in [-0.4, -0.2) is 11.1 Å². The van der Waals surface area contributed by atoms with Gasteiger partial charge in [0.1, 0.15) is 0 Å². The van der Waals surface area contributed by atoms with Crippen LogP contribution in [-0.2, 0) is 10.1 Å². The summed E-state index contributed by atoms with van der Waals surface area (Å²) < 4.78 is 0. The second kappa shape index (κ2) is 20.5. The summed E-state index contributed by atoms with van der Waals surface area (Å²) in [6.07, 6.45) is 17.3. The van der Waals surface area contributed by atoms with Crippen molar-refractivity contribution in [3.8, 4) is 0 Å². The van der Waals surface area contributed by atoms with Crippen LogP contribution in [0.4, 0.5) is 0 Å². The Morgan fingerprint density at radius 2 is 1.19 bits per heavy atom. The maximum Gasteiger partial charge on any atom is 0.303 e. The van der Waals surface area contributed by atoms with Crippen molar-refractivity contribution in [3.05, 3.63) is 35.9 Å². The highest BCUT2D eigenvalue weighted by Gasteiger charge is 1.96. The summed E-state index contributed by atoms with van der Waals surface area (Å²) in [5.74, 6) is -0.655. The van der Waals surface area contributed by atoms with Crippen molar-refractivity contribution in [2.75, 3.05) is 0 Å². The molecule has 0 amide bonds. The zero-order valence-electron chi connectivity index (χ0n) is 16.7. The molecule has 0 bridgehead atoms. The minimum absolute atomic E-state index is 0.345. The standard InChI is InChI=1S/C16H32O2.C7H7Br/c1-2-3-4-5-6-7-8-9-10-11-12-13-14-15-16(17)18;8-6-7-4-2-1-3-5-7/h2-15H2,1H3,(H,17,18);1-5H,6H2. The first-order chi connectivity index (χ1) is 12.7. The molecule has 1 rings (SSSR count). The molecule has 0 spiro atoms. The van der Waals surface area contributed by atoms with Gasteiger partial charge in [0.2, 0.25) is 0 Å². The van der Waals surface area contributed by atoms with E-state index in [1.165, 1.54) is 76.2 Å². The SMILES string of the molecule is BrCc1ccccc1.CCCCCCCCCCCCCCCC(=O)O. The highest BCUT2D eigenvalue weighted by atomic mass is 79.9. The van der Waals surface area contributed by atoms with E-state index in [0.717, 1.165) is 18.2 Å². The third-order valence-corrected chi connectivity index (χ3v) is 5.14. The van der Waals surface area contributed by atoms with E-state index in [1.54, 1.807) is 0 Å². The van der Waals surface area contributed by atoms with Gasteiger partial charge in [-0.1, -0.05) is 130 Å². The number of hydrogen-bond acceptors (Lipinski definition) is 1. The number of carboxylic acids is 1. The van der Waals surface area contributed by atoms with E-state index in [1.807, 2.05) is 18.2 Å². The van der Waals surface area contributed by atoms with Crippen molar-refractivity contribution >= 4 is 21.9 Å². The number of unbranched alkanes of at least 4 members (excludes halogenated alkanes) is 12. The molecule has 150 valence electrons. The quantitative estimate of drug-likeness (QED) is 0.227. The van der Waals surface area contributed by atoms with E-state index < -0.39 is 5.97 Å². The Balaban J connectivity index is 0.000000642. The molecule has 3 heteroatoms. The molecule has 0 saturated carbocycles. The Labute approximate surface area is 169 Å². The second-order valence-corrected chi connectivity index (χ2v) is 7.57. The zero-order chi connectivity index (χ0) is 19.3. The highest BCUT2D eigenvalue weighted by molar-refractivity contribution is 9.08. The minimum atomic E-state index is -0.655. The molecule has 0 unspecified atom stereocenters. The summed E-state index contributed by atoms with van der Waals surface area (Å²) >= 11 is 3.36. The normalized spacial score (nSPS) is 10.2. The first kappa shape index (κ1) is 25.2. The molecule has 1 aromatic carbocycles. The van der Waals surface area contributed by atoms with E-state index in [4.69, 9.17) is 5.11 Å². The average Bonchev–Trinajstić information content (AvgIpc) is 2.66. The van der Waals surface area contributed by atoms with Crippen molar-refractivity contribution in [1.29, 1.82) is 0 Å². The van der Waals surface area contributed by atoms with Gasteiger partial charge in [0.25, 0.3) is 0 Å². The molecule has 0 radical (unpaired) electrons. The van der Waals surface area contributed by atoms with E-state index in [-0.39, 0.29) is 0 Å². The van der Waals surface area contributed by atoms with Crippen molar-refractivity contribution in [3.63, 3.8) is 0 Å². The number of carboxylic acid groups (broad SMARTS) is 1. The van der Waals surface area contributed by atoms with E-state index in [0.29, 0.717) is 6.42 Å². The van der Waals surface area contributed by atoms with Gasteiger partial charge in [-0.15, -0.1) is 0 Å². The van der Waals surface area contributed by atoms with Gasteiger partial charge in [-0.05, 0) is 12.0 Å². The van der Waals surface area contributed by atoms with Crippen LogP contribution < -0.4 is 0 Å². The molecule has 26 heavy (non-hydrogen) atoms. The molecule has 0 aliphatic carbocycles. The monoisotopic (exact) mass is 426 g/mol. The molecule has 1 N–H and O–H groups in total. The largest absolute Gasteiger partial charge is 0.481 e. The Kier molecular flexibility index (Phi) is 19.8. The van der Waals surface area contributed by atoms with Crippen molar-refractivity contribution in [2.24, 2.45) is 0 Å². The van der Waals surface area contributed by atoms with Crippen molar-refractivity contribution < 1.29 is 9.90 Å². The summed E-state index contributed by atoms with van der Waals surface area (Å²) in [6, 6.07) is 10.3. The summed E-state index contributed by atoms with van der Waals surface area (Å²) in [7, 11) is 0. The van der Waals surface area contributed by atoms with Gasteiger partial charge in [0.15, 0.2) is 0 Å². The smallest absolute Gasteiger partial charge is 0.303 e. The molecule has 0 aliphatic rings. The maximum absolute atomic E-state index is 10.3. The molecule has 0 saturated heterocycles. The van der Waals surface area contributed by atoms with Gasteiger partial charge >= 0.3 is 5.97 Å². The summed E-state index contributed by atoms with van der Waals surface area (Å²) in [5, 5.41) is 9.44. The lowest BCUT2D eigenvalue weighted by atomic mass is 10.0. The lowest BCUT2D eigenvalue weighted by Gasteiger charge is -2.02. The van der Waals surface area contributed by atoms with Gasteiger partial charge in [-0.25, -0.2) is 0 Å². The number of carbonyl (C=O) groups is 1. The number of halogens is 1. The molecule has 2 nitrogen and oxygen atoms in total. The summed E-state index contributed by atoms with van der Waals surface area (Å²) in [4.78, 5) is 10.3. The minimum Gasteiger partial charge on any atom is -0.481 e. The van der Waals surface area contributed by atoms with Crippen molar-refractivity contribution in [2.45, 2.75) is 102 Å². The fourth-order valence-electron chi connectivity index (χ4n) is 2.86. The second-order valence-electron chi connectivity index (χ2n) is 7.01. The van der Waals surface area contributed by atoms with Crippen LogP contribution in [0.2, 0.25) is 0 Å². The third kappa shape index (κ3) is 19.5. The topological polar surface area (TPSA) is 37.3 Å². The van der Waals surface area contributed by atoms with Crippen LogP contribution >= 0.6 is 15.9 Å². The zero-order valence-corrected chi connectivity index (χ0v) is 18.3. The Bertz CT molecular complexity index is 406. The number of alkyl halides is 1. The molecular formula is C23H39BrO2. The average molecular weight is 427 g/mol. The molecular weight excluding hydrogens is 388 g/mol. The Hall–Kier alpha value is -0.830. The predicted molar refractivity (Wildman–Crippen MR) is 117 cm³/mol. The molecule has 0 aliphatic heterocycles. The van der Waals surface area contributed by atoms with Gasteiger partial charge in [0.05, 0.1) is 0 Å². The fraction of sp³-hybridized carbons (Fsp3) is 0.696. The van der Waals surface area contributed by atoms with Crippen molar-refractivity contribution in [1.82, 2.24) is 0 Å². The Morgan fingerprint density at radius 3 is 1.54 bits per heavy atom. The lowest BCUT2D eigenvalue weighted by molar-refractivity contribution is -0.137. The van der Waals surface area contributed by atoms with Crippen LogP contribution in [0.15, 0.2) is 30.3 Å². The molecule has 0 atom stereocenters. The molecule has 1 aromatic rings. The van der Waals surface area contributed by atoms with E-state index in [9.17, 15) is 4.79 Å². The molecule has 0 heterocycles. The molecule has 0 aromatic heterocycles. The number of rotatable bonds is 15. The lowest BCUT2D eigenvalue weighted by Crippen LogP contribution is -1.93. The van der Waals surface area contributed by atoms with Gasteiger partial charge in [-0.3, -0.25) is 4.79 Å². The maximum atomic E-state index is 10.3. The van der Waals surface area contributed by atoms with Gasteiger partial charge in [-0.2, -0.15) is 0 Å². The van der Waals surface area contributed by atoms with E-state index >= 15 is 0 Å². The fourth-order valence-corrected chi connectivity index (χ4v) is 3.23. The number of benzene rings is 1.